The molecule has 26 heavy (non-hydrogen) atoms. The molecule has 0 radical (unpaired) electrons. The zero-order chi connectivity index (χ0) is 19.0. The lowest BCUT2D eigenvalue weighted by molar-refractivity contribution is -0.129. The fourth-order valence-corrected chi connectivity index (χ4v) is 3.25. The minimum atomic E-state index is -0.414. The number of para-hydroxylation sites is 1. The summed E-state index contributed by atoms with van der Waals surface area (Å²) >= 11 is 6.20. The molecular weight excluding hydrogens is 350 g/mol. The molecule has 134 valence electrons. The molecule has 5 heteroatoms. The van der Waals surface area contributed by atoms with Crippen LogP contribution in [0, 0.1) is 13.8 Å². The Labute approximate surface area is 157 Å². The van der Waals surface area contributed by atoms with Crippen molar-refractivity contribution in [2.45, 2.75) is 34.6 Å². The molecule has 0 spiro atoms. The SMILES string of the molecule is CC(C)=C1C(=Nc2ccccc2Cl)OC(=O)C1=C(C)c1cc(C)oc1C. The highest BCUT2D eigenvalue weighted by molar-refractivity contribution is 6.33. The lowest BCUT2D eigenvalue weighted by Crippen LogP contribution is -2.00. The number of ether oxygens (including phenoxy) is 1. The standard InChI is InChI=1S/C21H20ClNO3/c1-11(2)18-19(13(4)15-10-12(3)25-14(15)5)21(24)26-20(18)23-17-9-7-6-8-16(17)22/h6-10H,1-5H3. The van der Waals surface area contributed by atoms with Gasteiger partial charge in [-0.25, -0.2) is 9.79 Å². The van der Waals surface area contributed by atoms with E-state index >= 15 is 0 Å². The van der Waals surface area contributed by atoms with Gasteiger partial charge in [-0.1, -0.05) is 29.3 Å². The number of esters is 1. The molecule has 0 saturated carbocycles. The number of allylic oxidation sites excluding steroid dienone is 2. The topological polar surface area (TPSA) is 51.8 Å². The number of aliphatic imine (C=N–C) groups is 1. The normalized spacial score (nSPS) is 17.7. The molecular formula is C21H20ClNO3. The quantitative estimate of drug-likeness (QED) is 0.485. The predicted molar refractivity (Wildman–Crippen MR) is 104 cm³/mol. The highest BCUT2D eigenvalue weighted by Gasteiger charge is 2.35. The molecule has 0 unspecified atom stereocenters. The van der Waals surface area contributed by atoms with Crippen molar-refractivity contribution in [1.82, 2.24) is 0 Å². The molecule has 2 heterocycles. The molecule has 1 aliphatic rings. The van der Waals surface area contributed by atoms with E-state index in [1.54, 1.807) is 12.1 Å². The third-order valence-electron chi connectivity index (χ3n) is 4.25. The monoisotopic (exact) mass is 369 g/mol. The van der Waals surface area contributed by atoms with E-state index in [0.29, 0.717) is 21.9 Å². The van der Waals surface area contributed by atoms with Gasteiger partial charge in [0, 0.05) is 5.56 Å². The third-order valence-corrected chi connectivity index (χ3v) is 4.57. The van der Waals surface area contributed by atoms with E-state index in [4.69, 9.17) is 20.8 Å². The highest BCUT2D eigenvalue weighted by atomic mass is 35.5. The van der Waals surface area contributed by atoms with Crippen LogP contribution < -0.4 is 0 Å². The first-order valence-electron chi connectivity index (χ1n) is 8.31. The molecule has 4 nitrogen and oxygen atoms in total. The summed E-state index contributed by atoms with van der Waals surface area (Å²) in [7, 11) is 0. The van der Waals surface area contributed by atoms with Gasteiger partial charge < -0.3 is 9.15 Å². The number of furan rings is 1. The van der Waals surface area contributed by atoms with Crippen LogP contribution in [0.2, 0.25) is 5.02 Å². The van der Waals surface area contributed by atoms with Crippen molar-refractivity contribution in [2.75, 3.05) is 0 Å². The number of cyclic esters (lactones) is 1. The molecule has 0 amide bonds. The molecule has 0 bridgehead atoms. The van der Waals surface area contributed by atoms with Crippen molar-refractivity contribution in [3.05, 3.63) is 69.2 Å². The van der Waals surface area contributed by atoms with Crippen molar-refractivity contribution in [3.63, 3.8) is 0 Å². The van der Waals surface area contributed by atoms with Crippen LogP contribution in [0.5, 0.6) is 0 Å². The van der Waals surface area contributed by atoms with Crippen LogP contribution in [0.3, 0.4) is 0 Å². The van der Waals surface area contributed by atoms with Crippen molar-refractivity contribution in [3.8, 4) is 0 Å². The predicted octanol–water partition coefficient (Wildman–Crippen LogP) is 5.95. The Bertz CT molecular complexity index is 988. The molecule has 2 aromatic rings. The van der Waals surface area contributed by atoms with E-state index in [9.17, 15) is 4.79 Å². The fourth-order valence-electron chi connectivity index (χ4n) is 3.07. The van der Waals surface area contributed by atoms with E-state index in [1.807, 2.05) is 52.8 Å². The van der Waals surface area contributed by atoms with Gasteiger partial charge in [-0.3, -0.25) is 0 Å². The lowest BCUT2D eigenvalue weighted by atomic mass is 9.94. The summed E-state index contributed by atoms with van der Waals surface area (Å²) in [5, 5.41) is 0.500. The molecule has 1 saturated heterocycles. The molecule has 0 atom stereocenters. The van der Waals surface area contributed by atoms with E-state index < -0.39 is 5.97 Å². The number of halogens is 1. The van der Waals surface area contributed by atoms with E-state index in [2.05, 4.69) is 4.99 Å². The van der Waals surface area contributed by atoms with Gasteiger partial charge in [0.2, 0.25) is 5.90 Å². The first-order chi connectivity index (χ1) is 12.3. The maximum Gasteiger partial charge on any atom is 0.345 e. The minimum Gasteiger partial charge on any atom is -0.466 e. The van der Waals surface area contributed by atoms with Gasteiger partial charge in [0.25, 0.3) is 0 Å². The van der Waals surface area contributed by atoms with Crippen molar-refractivity contribution in [2.24, 2.45) is 4.99 Å². The van der Waals surface area contributed by atoms with Crippen LogP contribution in [-0.4, -0.2) is 11.9 Å². The Morgan fingerprint density at radius 3 is 2.35 bits per heavy atom. The maximum atomic E-state index is 12.6. The first-order valence-corrected chi connectivity index (χ1v) is 8.69. The van der Waals surface area contributed by atoms with E-state index in [1.165, 1.54) is 0 Å². The number of carbonyl (C=O) groups is 1. The lowest BCUT2D eigenvalue weighted by Gasteiger charge is -2.06. The Morgan fingerprint density at radius 2 is 1.77 bits per heavy atom. The molecule has 1 aliphatic heterocycles. The number of benzene rings is 1. The second-order valence-electron chi connectivity index (χ2n) is 6.46. The molecule has 1 fully saturated rings. The number of nitrogens with zero attached hydrogens (tertiary/aromatic N) is 1. The molecule has 0 aliphatic carbocycles. The van der Waals surface area contributed by atoms with Gasteiger partial charge in [0.05, 0.1) is 21.9 Å². The summed E-state index contributed by atoms with van der Waals surface area (Å²) in [6.45, 7) is 9.52. The zero-order valence-corrected chi connectivity index (χ0v) is 16.2. The second kappa shape index (κ2) is 6.96. The number of rotatable bonds is 2. The number of carbonyl (C=O) groups excluding carboxylic acids is 1. The number of hydrogen-bond acceptors (Lipinski definition) is 4. The van der Waals surface area contributed by atoms with Crippen LogP contribution in [-0.2, 0) is 9.53 Å². The zero-order valence-electron chi connectivity index (χ0n) is 15.4. The Hall–Kier alpha value is -2.59. The summed E-state index contributed by atoms with van der Waals surface area (Å²) in [5.74, 6) is 1.43. The van der Waals surface area contributed by atoms with Crippen LogP contribution in [0.25, 0.3) is 5.57 Å². The Balaban J connectivity index is 2.18. The van der Waals surface area contributed by atoms with Crippen molar-refractivity contribution < 1.29 is 13.9 Å². The van der Waals surface area contributed by atoms with Crippen LogP contribution in [0.4, 0.5) is 5.69 Å². The maximum absolute atomic E-state index is 12.6. The molecule has 1 aromatic heterocycles. The van der Waals surface area contributed by atoms with Gasteiger partial charge in [0.1, 0.15) is 11.5 Å². The summed E-state index contributed by atoms with van der Waals surface area (Å²) < 4.78 is 11.1. The van der Waals surface area contributed by atoms with Crippen molar-refractivity contribution in [1.29, 1.82) is 0 Å². The average Bonchev–Trinajstić information content (AvgIpc) is 3.07. The molecule has 1 aromatic carbocycles. The summed E-state index contributed by atoms with van der Waals surface area (Å²) in [5.41, 5.74) is 4.42. The van der Waals surface area contributed by atoms with Gasteiger partial charge in [-0.05, 0) is 58.4 Å². The van der Waals surface area contributed by atoms with Crippen LogP contribution in [0.15, 0.2) is 56.5 Å². The summed E-state index contributed by atoms with van der Waals surface area (Å²) in [4.78, 5) is 17.1. The highest BCUT2D eigenvalue weighted by Crippen LogP contribution is 2.36. The van der Waals surface area contributed by atoms with Crippen LogP contribution in [0.1, 0.15) is 37.9 Å². The largest absolute Gasteiger partial charge is 0.466 e. The second-order valence-corrected chi connectivity index (χ2v) is 6.87. The third kappa shape index (κ3) is 3.25. The summed E-state index contributed by atoms with van der Waals surface area (Å²) in [6.07, 6.45) is 0. The molecule has 3 rings (SSSR count). The first kappa shape index (κ1) is 18.2. The smallest absolute Gasteiger partial charge is 0.345 e. The summed E-state index contributed by atoms with van der Waals surface area (Å²) in [6, 6.07) is 9.12. The van der Waals surface area contributed by atoms with Gasteiger partial charge >= 0.3 is 5.97 Å². The fraction of sp³-hybridized carbons (Fsp3) is 0.238. The average molecular weight is 370 g/mol. The van der Waals surface area contributed by atoms with Gasteiger partial charge in [-0.2, -0.15) is 0 Å². The minimum absolute atomic E-state index is 0.273. The van der Waals surface area contributed by atoms with Crippen molar-refractivity contribution >= 4 is 34.7 Å². The number of aryl methyl sites for hydroxylation is 2. The Kier molecular flexibility index (Phi) is 4.88. The number of hydrogen-bond donors (Lipinski definition) is 0. The van der Waals surface area contributed by atoms with Gasteiger partial charge in [-0.15, -0.1) is 0 Å². The van der Waals surface area contributed by atoms with E-state index in [0.717, 1.165) is 28.2 Å². The van der Waals surface area contributed by atoms with E-state index in [-0.39, 0.29) is 5.90 Å². The molecule has 0 N–H and O–H groups in total. The Morgan fingerprint density at radius 1 is 1.08 bits per heavy atom. The van der Waals surface area contributed by atoms with Crippen LogP contribution >= 0.6 is 11.6 Å². The van der Waals surface area contributed by atoms with Gasteiger partial charge in [0.15, 0.2) is 0 Å².